The minimum atomic E-state index is -4.41. The molecular formula is C13H11ClF3N3O. The molecule has 4 nitrogen and oxygen atoms in total. The summed E-state index contributed by atoms with van der Waals surface area (Å²) in [5, 5.41) is 2.95. The number of benzene rings is 1. The van der Waals surface area contributed by atoms with E-state index in [1.165, 1.54) is 31.5 Å². The molecule has 21 heavy (non-hydrogen) atoms. The zero-order chi connectivity index (χ0) is 15.5. The minimum absolute atomic E-state index is 0.0738. The van der Waals surface area contributed by atoms with Crippen molar-refractivity contribution in [3.63, 3.8) is 0 Å². The third-order valence-electron chi connectivity index (χ3n) is 2.67. The number of alkyl halides is 3. The summed E-state index contributed by atoms with van der Waals surface area (Å²) < 4.78 is 43.5. The predicted octanol–water partition coefficient (Wildman–Crippen LogP) is 3.77. The van der Waals surface area contributed by atoms with Crippen molar-refractivity contribution in [3.8, 4) is 6.01 Å². The quantitative estimate of drug-likeness (QED) is 0.932. The molecule has 0 aliphatic rings. The number of hydrogen-bond acceptors (Lipinski definition) is 4. The summed E-state index contributed by atoms with van der Waals surface area (Å²) in [6.45, 7) is -0.0738. The molecule has 0 amide bonds. The largest absolute Gasteiger partial charge is 0.467 e. The molecule has 8 heteroatoms. The first kappa shape index (κ1) is 15.4. The van der Waals surface area contributed by atoms with Crippen molar-refractivity contribution in [3.05, 3.63) is 46.6 Å². The molecule has 0 fully saturated rings. The van der Waals surface area contributed by atoms with E-state index < -0.39 is 11.7 Å². The Morgan fingerprint density at radius 2 is 2.00 bits per heavy atom. The molecule has 0 saturated heterocycles. The zero-order valence-electron chi connectivity index (χ0n) is 10.9. The van der Waals surface area contributed by atoms with Crippen LogP contribution in [0.2, 0.25) is 5.02 Å². The molecule has 112 valence electrons. The second-order valence-corrected chi connectivity index (χ2v) is 4.47. The number of ether oxygens (including phenoxy) is 1. The van der Waals surface area contributed by atoms with Crippen molar-refractivity contribution in [1.29, 1.82) is 0 Å². The molecule has 2 rings (SSSR count). The summed E-state index contributed by atoms with van der Waals surface area (Å²) in [4.78, 5) is 7.72. The second-order valence-electron chi connectivity index (χ2n) is 4.06. The molecule has 0 aliphatic heterocycles. The highest BCUT2D eigenvalue weighted by Gasteiger charge is 2.32. The molecule has 1 heterocycles. The number of nitrogens with zero attached hydrogens (tertiary/aromatic N) is 2. The Kier molecular flexibility index (Phi) is 4.52. The third kappa shape index (κ3) is 3.75. The van der Waals surface area contributed by atoms with Crippen LogP contribution in [-0.2, 0) is 12.7 Å². The van der Waals surface area contributed by atoms with Gasteiger partial charge >= 0.3 is 12.2 Å². The highest BCUT2D eigenvalue weighted by Crippen LogP contribution is 2.32. The molecule has 1 aromatic carbocycles. The van der Waals surface area contributed by atoms with E-state index in [9.17, 15) is 13.2 Å². The Morgan fingerprint density at radius 1 is 1.29 bits per heavy atom. The summed E-state index contributed by atoms with van der Waals surface area (Å²) in [6.07, 6.45) is -3.10. The Hall–Kier alpha value is -2.02. The number of methoxy groups -OCH3 is 1. The summed E-state index contributed by atoms with van der Waals surface area (Å²) in [7, 11) is 1.38. The van der Waals surface area contributed by atoms with Crippen LogP contribution in [0.25, 0.3) is 0 Å². The van der Waals surface area contributed by atoms with E-state index in [1.807, 2.05) is 0 Å². The van der Waals surface area contributed by atoms with E-state index in [2.05, 4.69) is 15.3 Å². The molecule has 0 radical (unpaired) electrons. The lowest BCUT2D eigenvalue weighted by Gasteiger charge is -2.14. The lowest BCUT2D eigenvalue weighted by atomic mass is 10.1. The van der Waals surface area contributed by atoms with Crippen LogP contribution in [0.3, 0.4) is 0 Å². The first-order chi connectivity index (χ1) is 9.91. The number of hydrogen-bond donors (Lipinski definition) is 1. The van der Waals surface area contributed by atoms with Gasteiger partial charge in [-0.3, -0.25) is 0 Å². The smallest absolute Gasteiger partial charge is 0.416 e. The SMILES string of the molecule is COc1ncc(Cl)c(NCc2ccccc2C(F)(F)F)n1. The van der Waals surface area contributed by atoms with Crippen molar-refractivity contribution >= 4 is 17.4 Å². The van der Waals surface area contributed by atoms with Gasteiger partial charge in [0.1, 0.15) is 5.02 Å². The maximum Gasteiger partial charge on any atom is 0.416 e. The third-order valence-corrected chi connectivity index (χ3v) is 2.95. The van der Waals surface area contributed by atoms with Crippen LogP contribution in [0.1, 0.15) is 11.1 Å². The topological polar surface area (TPSA) is 47.0 Å². The summed E-state index contributed by atoms with van der Waals surface area (Å²) in [5.74, 6) is 0.209. The van der Waals surface area contributed by atoms with E-state index in [4.69, 9.17) is 16.3 Å². The van der Waals surface area contributed by atoms with Gasteiger partial charge in [-0.2, -0.15) is 18.2 Å². The average Bonchev–Trinajstić information content (AvgIpc) is 2.46. The Balaban J connectivity index is 2.21. The first-order valence-corrected chi connectivity index (χ1v) is 6.25. The van der Waals surface area contributed by atoms with Crippen LogP contribution in [-0.4, -0.2) is 17.1 Å². The fourth-order valence-corrected chi connectivity index (χ4v) is 1.86. The fourth-order valence-electron chi connectivity index (χ4n) is 1.70. The van der Waals surface area contributed by atoms with Gasteiger partial charge in [0, 0.05) is 6.54 Å². The highest BCUT2D eigenvalue weighted by atomic mass is 35.5. The van der Waals surface area contributed by atoms with Gasteiger partial charge in [-0.1, -0.05) is 29.8 Å². The van der Waals surface area contributed by atoms with Crippen molar-refractivity contribution < 1.29 is 17.9 Å². The number of rotatable bonds is 4. The van der Waals surface area contributed by atoms with Gasteiger partial charge in [-0.15, -0.1) is 0 Å². The van der Waals surface area contributed by atoms with Crippen molar-refractivity contribution in [1.82, 2.24) is 9.97 Å². The monoisotopic (exact) mass is 317 g/mol. The predicted molar refractivity (Wildman–Crippen MR) is 72.4 cm³/mol. The van der Waals surface area contributed by atoms with Gasteiger partial charge in [0.15, 0.2) is 5.82 Å². The second kappa shape index (κ2) is 6.17. The molecular weight excluding hydrogens is 307 g/mol. The van der Waals surface area contributed by atoms with Crippen LogP contribution in [0.4, 0.5) is 19.0 Å². The van der Waals surface area contributed by atoms with Crippen LogP contribution in [0, 0.1) is 0 Å². The molecule has 1 aromatic heterocycles. The van der Waals surface area contributed by atoms with E-state index in [0.29, 0.717) is 0 Å². The lowest BCUT2D eigenvalue weighted by molar-refractivity contribution is -0.138. The van der Waals surface area contributed by atoms with E-state index in [0.717, 1.165) is 6.07 Å². The standard InChI is InChI=1S/C13H11ClF3N3O/c1-21-12-19-7-10(14)11(20-12)18-6-8-4-2-3-5-9(8)13(15,16)17/h2-5,7H,6H2,1H3,(H,18,19,20). The van der Waals surface area contributed by atoms with Gasteiger partial charge in [-0.25, -0.2) is 4.98 Å². The van der Waals surface area contributed by atoms with Crippen LogP contribution < -0.4 is 10.1 Å². The first-order valence-electron chi connectivity index (χ1n) is 5.87. The van der Waals surface area contributed by atoms with Gasteiger partial charge in [-0.05, 0) is 11.6 Å². The van der Waals surface area contributed by atoms with E-state index in [1.54, 1.807) is 0 Å². The summed E-state index contributed by atoms with van der Waals surface area (Å²) in [5.41, 5.74) is -0.603. The Labute approximate surface area is 123 Å². The zero-order valence-corrected chi connectivity index (χ0v) is 11.7. The van der Waals surface area contributed by atoms with E-state index >= 15 is 0 Å². The molecule has 2 aromatic rings. The Bertz CT molecular complexity index is 634. The van der Waals surface area contributed by atoms with Crippen molar-refractivity contribution in [2.75, 3.05) is 12.4 Å². The lowest BCUT2D eigenvalue weighted by Crippen LogP contribution is -2.12. The highest BCUT2D eigenvalue weighted by molar-refractivity contribution is 6.32. The van der Waals surface area contributed by atoms with Gasteiger partial charge in [0.2, 0.25) is 0 Å². The summed E-state index contributed by atoms with van der Waals surface area (Å²) >= 11 is 5.88. The van der Waals surface area contributed by atoms with Crippen LogP contribution in [0.5, 0.6) is 6.01 Å². The molecule has 0 saturated carbocycles. The number of nitrogens with one attached hydrogen (secondary N) is 1. The van der Waals surface area contributed by atoms with Crippen molar-refractivity contribution in [2.24, 2.45) is 0 Å². The molecule has 0 unspecified atom stereocenters. The normalized spacial score (nSPS) is 11.3. The van der Waals surface area contributed by atoms with Crippen LogP contribution in [0.15, 0.2) is 30.5 Å². The van der Waals surface area contributed by atoms with Crippen molar-refractivity contribution in [2.45, 2.75) is 12.7 Å². The fraction of sp³-hybridized carbons (Fsp3) is 0.231. The van der Waals surface area contributed by atoms with Crippen LogP contribution >= 0.6 is 11.6 Å². The van der Waals surface area contributed by atoms with Gasteiger partial charge in [0.25, 0.3) is 0 Å². The maximum atomic E-state index is 12.9. The molecule has 0 bridgehead atoms. The average molecular weight is 318 g/mol. The molecule has 1 N–H and O–H groups in total. The number of halogens is 4. The maximum absolute atomic E-state index is 12.9. The van der Waals surface area contributed by atoms with Gasteiger partial charge in [0.05, 0.1) is 18.9 Å². The summed E-state index contributed by atoms with van der Waals surface area (Å²) in [6, 6.07) is 5.37. The Morgan fingerprint density at radius 3 is 2.67 bits per heavy atom. The number of aromatic nitrogens is 2. The number of anilines is 1. The minimum Gasteiger partial charge on any atom is -0.467 e. The molecule has 0 atom stereocenters. The molecule has 0 aliphatic carbocycles. The molecule has 0 spiro atoms. The van der Waals surface area contributed by atoms with Gasteiger partial charge < -0.3 is 10.1 Å². The van der Waals surface area contributed by atoms with E-state index in [-0.39, 0.29) is 29.0 Å².